The quantitative estimate of drug-likeness (QED) is 0.641. The summed E-state index contributed by atoms with van der Waals surface area (Å²) in [5, 5.41) is 23.9. The Labute approximate surface area is 125 Å². The Morgan fingerprint density at radius 1 is 1.38 bits per heavy atom. The highest BCUT2D eigenvalue weighted by Crippen LogP contribution is 2.36. The number of carboxylic acid groups (broad SMARTS) is 1. The van der Waals surface area contributed by atoms with Gasteiger partial charge in [-0.3, -0.25) is 19.7 Å². The maximum atomic E-state index is 12.0. The number of carbonyl (C=O) groups excluding carboxylic acids is 1. The maximum absolute atomic E-state index is 12.0. The van der Waals surface area contributed by atoms with E-state index < -0.39 is 22.2 Å². The van der Waals surface area contributed by atoms with Crippen LogP contribution in [0.4, 0.5) is 5.00 Å². The third kappa shape index (κ3) is 3.38. The lowest BCUT2D eigenvalue weighted by molar-refractivity contribution is -0.380. The predicted octanol–water partition coefficient (Wildman–Crippen LogP) is 2.42. The zero-order chi connectivity index (χ0) is 15.5. The van der Waals surface area contributed by atoms with E-state index in [9.17, 15) is 24.8 Å². The van der Waals surface area contributed by atoms with Crippen LogP contribution in [-0.4, -0.2) is 28.5 Å². The maximum Gasteiger partial charge on any atom is 0.324 e. The highest BCUT2D eigenvalue weighted by Gasteiger charge is 2.39. The summed E-state index contributed by atoms with van der Waals surface area (Å²) in [5.74, 6) is -1.36. The molecule has 0 unspecified atom stereocenters. The lowest BCUT2D eigenvalue weighted by atomic mass is 9.74. The van der Waals surface area contributed by atoms with E-state index in [1.807, 2.05) is 0 Å². The number of hydrogen-bond acceptors (Lipinski definition) is 5. The summed E-state index contributed by atoms with van der Waals surface area (Å²) >= 11 is 0.877. The van der Waals surface area contributed by atoms with Crippen molar-refractivity contribution in [1.29, 1.82) is 0 Å². The number of nitro groups is 1. The number of carbonyl (C=O) groups is 2. The topological polar surface area (TPSA) is 110 Å². The molecule has 0 radical (unpaired) electrons. The summed E-state index contributed by atoms with van der Waals surface area (Å²) < 4.78 is 0. The zero-order valence-electron chi connectivity index (χ0n) is 11.3. The van der Waals surface area contributed by atoms with Crippen molar-refractivity contribution in [3.63, 3.8) is 0 Å². The van der Waals surface area contributed by atoms with Crippen LogP contribution in [0, 0.1) is 15.5 Å². The summed E-state index contributed by atoms with van der Waals surface area (Å²) in [5.41, 5.74) is -0.710. The van der Waals surface area contributed by atoms with Gasteiger partial charge in [0.1, 0.15) is 0 Å². The number of amides is 1. The second-order valence-electron chi connectivity index (χ2n) is 5.26. The smallest absolute Gasteiger partial charge is 0.324 e. The van der Waals surface area contributed by atoms with Crippen LogP contribution in [0.5, 0.6) is 0 Å². The molecule has 1 amide bonds. The summed E-state index contributed by atoms with van der Waals surface area (Å²) in [6.07, 6.45) is 3.79. The van der Waals surface area contributed by atoms with E-state index >= 15 is 0 Å². The number of hydrogen-bond donors (Lipinski definition) is 2. The Balaban J connectivity index is 2.01. The number of nitrogens with zero attached hydrogens (tertiary/aromatic N) is 1. The van der Waals surface area contributed by atoms with Crippen molar-refractivity contribution in [2.24, 2.45) is 5.41 Å². The lowest BCUT2D eigenvalue weighted by Crippen LogP contribution is -2.44. The molecule has 1 aliphatic rings. The van der Waals surface area contributed by atoms with Gasteiger partial charge < -0.3 is 10.4 Å². The predicted molar refractivity (Wildman–Crippen MR) is 76.5 cm³/mol. The number of rotatable bonds is 5. The van der Waals surface area contributed by atoms with Gasteiger partial charge in [0.05, 0.1) is 15.9 Å². The largest absolute Gasteiger partial charge is 0.481 e. The Hall–Kier alpha value is -1.96. The number of carboxylic acids is 1. The van der Waals surface area contributed by atoms with Crippen LogP contribution in [0.2, 0.25) is 0 Å². The average molecular weight is 312 g/mol. The van der Waals surface area contributed by atoms with E-state index in [2.05, 4.69) is 5.32 Å². The SMILES string of the molecule is O=C(NCC1(C(=O)O)CCCCC1)c1csc([N+](=O)[O-])c1. The van der Waals surface area contributed by atoms with E-state index in [-0.39, 0.29) is 17.1 Å². The van der Waals surface area contributed by atoms with Crippen LogP contribution in [0.25, 0.3) is 0 Å². The molecule has 114 valence electrons. The molecule has 2 rings (SSSR count). The zero-order valence-corrected chi connectivity index (χ0v) is 12.1. The molecule has 0 bridgehead atoms. The molecule has 1 heterocycles. The van der Waals surface area contributed by atoms with E-state index in [0.29, 0.717) is 12.8 Å². The second-order valence-corrected chi connectivity index (χ2v) is 6.15. The first kappa shape index (κ1) is 15.4. The van der Waals surface area contributed by atoms with Crippen molar-refractivity contribution in [1.82, 2.24) is 5.32 Å². The van der Waals surface area contributed by atoms with Crippen molar-refractivity contribution < 1.29 is 19.6 Å². The summed E-state index contributed by atoms with van der Waals surface area (Å²) in [7, 11) is 0. The van der Waals surface area contributed by atoms with Gasteiger partial charge in [-0.15, -0.1) is 0 Å². The highest BCUT2D eigenvalue weighted by molar-refractivity contribution is 7.13. The Morgan fingerprint density at radius 2 is 2.05 bits per heavy atom. The minimum absolute atomic E-state index is 0.0603. The van der Waals surface area contributed by atoms with Gasteiger partial charge in [0.15, 0.2) is 0 Å². The first-order valence-corrected chi connectivity index (χ1v) is 7.57. The van der Waals surface area contributed by atoms with Gasteiger partial charge in [-0.05, 0) is 12.8 Å². The molecule has 2 N–H and O–H groups in total. The van der Waals surface area contributed by atoms with Crippen molar-refractivity contribution in [3.05, 3.63) is 27.1 Å². The Bertz CT molecular complexity index is 563. The van der Waals surface area contributed by atoms with Crippen LogP contribution >= 0.6 is 11.3 Å². The van der Waals surface area contributed by atoms with Gasteiger partial charge in [0, 0.05) is 18.0 Å². The molecule has 1 aliphatic carbocycles. The third-order valence-electron chi connectivity index (χ3n) is 3.88. The van der Waals surface area contributed by atoms with E-state index in [4.69, 9.17) is 0 Å². The van der Waals surface area contributed by atoms with Gasteiger partial charge in [-0.25, -0.2) is 0 Å². The van der Waals surface area contributed by atoms with E-state index in [1.54, 1.807) is 0 Å². The van der Waals surface area contributed by atoms with Crippen LogP contribution in [-0.2, 0) is 4.79 Å². The van der Waals surface area contributed by atoms with E-state index in [1.165, 1.54) is 11.4 Å². The number of thiophene rings is 1. The molecule has 0 atom stereocenters. The first-order valence-electron chi connectivity index (χ1n) is 6.69. The van der Waals surface area contributed by atoms with Gasteiger partial charge >= 0.3 is 11.0 Å². The fourth-order valence-corrected chi connectivity index (χ4v) is 3.29. The summed E-state index contributed by atoms with van der Waals surface area (Å²) in [6.45, 7) is 0.0603. The van der Waals surface area contributed by atoms with Crippen molar-refractivity contribution >= 4 is 28.2 Å². The monoisotopic (exact) mass is 312 g/mol. The summed E-state index contributed by atoms with van der Waals surface area (Å²) in [4.78, 5) is 33.5. The average Bonchev–Trinajstić information content (AvgIpc) is 2.95. The molecule has 0 aliphatic heterocycles. The standard InChI is InChI=1S/C13H16N2O5S/c16-11(9-6-10(15(19)20)21-7-9)14-8-13(12(17)18)4-2-1-3-5-13/h6-7H,1-5,8H2,(H,14,16)(H,17,18). The normalized spacial score (nSPS) is 17.1. The fourth-order valence-electron chi connectivity index (χ4n) is 2.59. The third-order valence-corrected chi connectivity index (χ3v) is 4.76. The molecule has 0 saturated heterocycles. The minimum atomic E-state index is -0.907. The van der Waals surface area contributed by atoms with Crippen LogP contribution in [0.1, 0.15) is 42.5 Å². The molecule has 1 saturated carbocycles. The Morgan fingerprint density at radius 3 is 2.57 bits per heavy atom. The van der Waals surface area contributed by atoms with Crippen LogP contribution < -0.4 is 5.32 Å². The molecule has 7 nitrogen and oxygen atoms in total. The molecule has 8 heteroatoms. The minimum Gasteiger partial charge on any atom is -0.481 e. The fraction of sp³-hybridized carbons (Fsp3) is 0.538. The molecule has 1 fully saturated rings. The van der Waals surface area contributed by atoms with Crippen molar-refractivity contribution in [3.8, 4) is 0 Å². The molecule has 21 heavy (non-hydrogen) atoms. The molecular weight excluding hydrogens is 296 g/mol. The summed E-state index contributed by atoms with van der Waals surface area (Å²) in [6, 6.07) is 1.20. The van der Waals surface area contributed by atoms with Gasteiger partial charge in [0.2, 0.25) is 0 Å². The van der Waals surface area contributed by atoms with Crippen LogP contribution in [0.15, 0.2) is 11.4 Å². The van der Waals surface area contributed by atoms with Gasteiger partial charge in [-0.2, -0.15) is 0 Å². The molecular formula is C13H16N2O5S. The van der Waals surface area contributed by atoms with Crippen molar-refractivity contribution in [2.45, 2.75) is 32.1 Å². The van der Waals surface area contributed by atoms with Gasteiger partial charge in [0.25, 0.3) is 5.91 Å². The highest BCUT2D eigenvalue weighted by atomic mass is 32.1. The lowest BCUT2D eigenvalue weighted by Gasteiger charge is -2.33. The molecule has 0 spiro atoms. The molecule has 1 aromatic rings. The van der Waals surface area contributed by atoms with Crippen LogP contribution in [0.3, 0.4) is 0 Å². The van der Waals surface area contributed by atoms with Crippen molar-refractivity contribution in [2.75, 3.05) is 6.54 Å². The van der Waals surface area contributed by atoms with Gasteiger partial charge in [-0.1, -0.05) is 30.6 Å². The number of nitrogens with one attached hydrogen (secondary N) is 1. The van der Waals surface area contributed by atoms with E-state index in [0.717, 1.165) is 30.6 Å². The first-order chi connectivity index (χ1) is 9.94. The number of aliphatic carboxylic acids is 1. The Kier molecular flexibility index (Phi) is 4.56. The molecule has 0 aromatic carbocycles. The second kappa shape index (κ2) is 6.21. The molecule has 1 aromatic heterocycles.